The van der Waals surface area contributed by atoms with E-state index in [0.717, 1.165) is 0 Å². The summed E-state index contributed by atoms with van der Waals surface area (Å²) in [5, 5.41) is 12.8. The van der Waals surface area contributed by atoms with Gasteiger partial charge >= 0.3 is 5.97 Å². The minimum atomic E-state index is -1.44. The molecule has 10 nitrogen and oxygen atoms in total. The number of ether oxygens (including phenoxy) is 2. The van der Waals surface area contributed by atoms with E-state index in [-0.39, 0.29) is 43.3 Å². The van der Waals surface area contributed by atoms with Crippen molar-refractivity contribution in [2.45, 2.75) is 83.3 Å². The third kappa shape index (κ3) is 5.94. The van der Waals surface area contributed by atoms with Crippen molar-refractivity contribution in [2.24, 2.45) is 17.3 Å². The van der Waals surface area contributed by atoms with Gasteiger partial charge in [-0.3, -0.25) is 19.2 Å². The minimum absolute atomic E-state index is 0.0693. The van der Waals surface area contributed by atoms with Crippen LogP contribution in [0.2, 0.25) is 0 Å². The average Bonchev–Trinajstić information content (AvgIpc) is 3.32. The molecule has 0 unspecified atom stereocenters. The molecular formula is C34H45N3O7. The largest absolute Gasteiger partial charge is 0.455 e. The van der Waals surface area contributed by atoms with Crippen molar-refractivity contribution in [2.75, 3.05) is 26.2 Å². The monoisotopic (exact) mass is 607 g/mol. The molecule has 4 aliphatic heterocycles. The van der Waals surface area contributed by atoms with Crippen LogP contribution in [-0.2, 0) is 28.7 Å². The number of esters is 1. The van der Waals surface area contributed by atoms with Gasteiger partial charge in [0.05, 0.1) is 25.2 Å². The van der Waals surface area contributed by atoms with E-state index >= 15 is 0 Å². The lowest BCUT2D eigenvalue weighted by Gasteiger charge is -2.44. The third-order valence-corrected chi connectivity index (χ3v) is 9.08. The van der Waals surface area contributed by atoms with Gasteiger partial charge in [-0.05, 0) is 37.7 Å². The van der Waals surface area contributed by atoms with Crippen LogP contribution in [0, 0.1) is 17.3 Å². The topological polar surface area (TPSA) is 125 Å². The Bertz CT molecular complexity index is 1330. The molecule has 6 atom stereocenters. The molecule has 10 heteroatoms. The number of nitrogens with zero attached hydrogens (tertiary/aromatic N) is 2. The summed E-state index contributed by atoms with van der Waals surface area (Å²) in [7, 11) is 0. The molecule has 2 saturated heterocycles. The van der Waals surface area contributed by atoms with Crippen molar-refractivity contribution in [3.63, 3.8) is 0 Å². The van der Waals surface area contributed by atoms with Crippen molar-refractivity contribution < 1.29 is 33.8 Å². The van der Waals surface area contributed by atoms with Gasteiger partial charge in [0.15, 0.2) is 0 Å². The summed E-state index contributed by atoms with van der Waals surface area (Å²) in [6, 6.07) is 8.08. The van der Waals surface area contributed by atoms with E-state index in [9.17, 15) is 24.3 Å². The maximum Gasteiger partial charge on any atom is 0.313 e. The van der Waals surface area contributed by atoms with Gasteiger partial charge in [0.25, 0.3) is 0 Å². The fourth-order valence-electron chi connectivity index (χ4n) is 7.69. The van der Waals surface area contributed by atoms with Crippen LogP contribution in [0.5, 0.6) is 0 Å². The first kappa shape index (κ1) is 31.9. The summed E-state index contributed by atoms with van der Waals surface area (Å²) in [6.45, 7) is 10.4. The maximum atomic E-state index is 14.6. The second kappa shape index (κ2) is 12.1. The van der Waals surface area contributed by atoms with Crippen LogP contribution < -0.4 is 5.32 Å². The highest BCUT2D eigenvalue weighted by Gasteiger charge is 2.72. The summed E-state index contributed by atoms with van der Waals surface area (Å²) in [5.41, 5.74) is -1.35. The van der Waals surface area contributed by atoms with E-state index in [1.165, 1.54) is 4.90 Å². The second-order valence-electron chi connectivity index (χ2n) is 14.1. The van der Waals surface area contributed by atoms with Crippen molar-refractivity contribution in [1.29, 1.82) is 0 Å². The number of amides is 3. The first-order valence-electron chi connectivity index (χ1n) is 15.6. The van der Waals surface area contributed by atoms with E-state index in [4.69, 9.17) is 9.47 Å². The summed E-state index contributed by atoms with van der Waals surface area (Å²) in [4.78, 5) is 58.7. The lowest BCUT2D eigenvalue weighted by molar-refractivity contribution is -0.160. The Hall–Kier alpha value is -3.50. The van der Waals surface area contributed by atoms with Gasteiger partial charge in [-0.2, -0.15) is 0 Å². The molecule has 0 aliphatic carbocycles. The first-order valence-corrected chi connectivity index (χ1v) is 15.6. The number of fused-ring (bicyclic) bond motifs is 2. The van der Waals surface area contributed by atoms with Crippen molar-refractivity contribution >= 4 is 23.7 Å². The minimum Gasteiger partial charge on any atom is -0.455 e. The number of rotatable bonds is 5. The standard InChI is InChI=1S/C34H45N3O7/c1-32(2,3)21-33(4,5)37-17-11-16-34-27(29(40)36(18-19-38)28(34)30(37)41)26-23(44-34)14-9-10-15-25(39)35-20-24(43-31(26)42)22-12-7-6-8-13-22/h6-9,11-14,16,23-24,26-28,38H,10,15,17-21H2,1-5H3,(H,35,39)/b14-9-/t23-,24+,26+,27+,28-,34+/m0/s1. The number of aliphatic hydroxyl groups is 1. The fourth-order valence-corrected chi connectivity index (χ4v) is 7.69. The molecule has 1 aromatic rings. The van der Waals surface area contributed by atoms with Crippen LogP contribution >= 0.6 is 0 Å². The Morgan fingerprint density at radius 1 is 1.02 bits per heavy atom. The fraction of sp³-hybridized carbons (Fsp3) is 0.588. The van der Waals surface area contributed by atoms with Gasteiger partial charge in [-0.25, -0.2) is 0 Å². The molecule has 0 aromatic heterocycles. The Balaban J connectivity index is 1.57. The number of aliphatic hydroxyl groups excluding tert-OH is 1. The smallest absolute Gasteiger partial charge is 0.313 e. The molecule has 1 spiro atoms. The summed E-state index contributed by atoms with van der Waals surface area (Å²) < 4.78 is 12.8. The van der Waals surface area contributed by atoms with E-state index < -0.39 is 53.1 Å². The van der Waals surface area contributed by atoms with Crippen LogP contribution in [0.4, 0.5) is 0 Å². The molecule has 4 heterocycles. The normalized spacial score (nSPS) is 32.1. The predicted octanol–water partition coefficient (Wildman–Crippen LogP) is 2.92. The van der Waals surface area contributed by atoms with Crippen LogP contribution in [0.1, 0.15) is 65.5 Å². The number of likely N-dealkylation sites (tertiary alicyclic amines) is 1. The number of hydrogen-bond donors (Lipinski definition) is 2. The van der Waals surface area contributed by atoms with Gasteiger partial charge in [-0.15, -0.1) is 0 Å². The Labute approximate surface area is 259 Å². The summed E-state index contributed by atoms with van der Waals surface area (Å²) >= 11 is 0. The van der Waals surface area contributed by atoms with E-state index in [1.807, 2.05) is 50.3 Å². The van der Waals surface area contributed by atoms with Crippen molar-refractivity contribution in [3.8, 4) is 0 Å². The Kier molecular flexibility index (Phi) is 8.79. The molecule has 2 fully saturated rings. The van der Waals surface area contributed by atoms with E-state index in [0.29, 0.717) is 24.9 Å². The van der Waals surface area contributed by atoms with E-state index in [2.05, 4.69) is 26.1 Å². The average molecular weight is 608 g/mol. The number of benzene rings is 1. The maximum absolute atomic E-state index is 14.6. The molecular weight excluding hydrogens is 562 g/mol. The van der Waals surface area contributed by atoms with Crippen LogP contribution in [0.3, 0.4) is 0 Å². The number of cyclic esters (lactones) is 1. The SMILES string of the molecule is CC(C)(C)CC(C)(C)N1CC=C[C@@]23O[C@H]4/C=C\CCC(=O)NC[C@H](c5ccccc5)OC(=O)[C@H]4[C@@H]2C(=O)N(CCO)[C@H]3C1=O. The lowest BCUT2D eigenvalue weighted by Crippen LogP contribution is -2.60. The number of allylic oxidation sites excluding steroid dienone is 1. The quantitative estimate of drug-likeness (QED) is 0.390. The van der Waals surface area contributed by atoms with Gasteiger partial charge in [0.2, 0.25) is 17.7 Å². The summed E-state index contributed by atoms with van der Waals surface area (Å²) in [5.74, 6) is -3.60. The van der Waals surface area contributed by atoms with E-state index in [1.54, 1.807) is 23.1 Å². The predicted molar refractivity (Wildman–Crippen MR) is 163 cm³/mol. The zero-order chi connectivity index (χ0) is 31.9. The van der Waals surface area contributed by atoms with Gasteiger partial charge < -0.3 is 29.7 Å². The van der Waals surface area contributed by atoms with Crippen LogP contribution in [0.25, 0.3) is 0 Å². The molecule has 5 rings (SSSR count). The number of β-amino-alcohol motifs (C(OH)–C–C–N with tert-alkyl or cyclic N) is 1. The highest BCUT2D eigenvalue weighted by molar-refractivity contribution is 5.99. The zero-order valence-corrected chi connectivity index (χ0v) is 26.3. The summed E-state index contributed by atoms with van der Waals surface area (Å²) in [6.07, 6.45) is 6.87. The molecule has 238 valence electrons. The highest BCUT2D eigenvalue weighted by atomic mass is 16.6. The van der Waals surface area contributed by atoms with Crippen LogP contribution in [-0.4, -0.2) is 88.1 Å². The number of hydrogen-bond acceptors (Lipinski definition) is 7. The number of carbonyl (C=O) groups excluding carboxylic acids is 4. The Morgan fingerprint density at radius 3 is 2.43 bits per heavy atom. The number of carbonyl (C=O) groups is 4. The van der Waals surface area contributed by atoms with Crippen molar-refractivity contribution in [1.82, 2.24) is 15.1 Å². The molecule has 1 aromatic carbocycles. The molecule has 0 bridgehead atoms. The molecule has 3 amide bonds. The third-order valence-electron chi connectivity index (χ3n) is 9.08. The van der Waals surface area contributed by atoms with Crippen LogP contribution in [0.15, 0.2) is 54.6 Å². The first-order chi connectivity index (χ1) is 20.8. The molecule has 0 radical (unpaired) electrons. The molecule has 4 aliphatic rings. The van der Waals surface area contributed by atoms with Gasteiger partial charge in [0, 0.05) is 25.0 Å². The van der Waals surface area contributed by atoms with Gasteiger partial charge in [0.1, 0.15) is 23.7 Å². The molecule has 44 heavy (non-hydrogen) atoms. The Morgan fingerprint density at radius 2 is 1.75 bits per heavy atom. The molecule has 2 N–H and O–H groups in total. The highest BCUT2D eigenvalue weighted by Crippen LogP contribution is 2.53. The van der Waals surface area contributed by atoms with Gasteiger partial charge in [-0.1, -0.05) is 75.4 Å². The lowest BCUT2D eigenvalue weighted by atomic mass is 9.77. The van der Waals surface area contributed by atoms with Crippen molar-refractivity contribution in [3.05, 3.63) is 60.2 Å². The second-order valence-corrected chi connectivity index (χ2v) is 14.1. The molecule has 0 saturated carbocycles. The zero-order valence-electron chi connectivity index (χ0n) is 26.3. The number of nitrogens with one attached hydrogen (secondary N) is 1.